The second-order valence-electron chi connectivity index (χ2n) is 2.91. The SMILES string of the molecule is O=C(Nc1cccnn1)c1cccc(Cl)n1. The molecule has 0 aliphatic carbocycles. The van der Waals surface area contributed by atoms with Crippen LogP contribution in [0, 0.1) is 0 Å². The summed E-state index contributed by atoms with van der Waals surface area (Å²) in [7, 11) is 0. The Morgan fingerprint density at radius 2 is 2.12 bits per heavy atom. The van der Waals surface area contributed by atoms with Crippen molar-refractivity contribution in [2.75, 3.05) is 5.32 Å². The zero-order valence-electron chi connectivity index (χ0n) is 8.09. The van der Waals surface area contributed by atoms with Crippen LogP contribution in [-0.2, 0) is 0 Å². The first kappa shape index (κ1) is 10.5. The van der Waals surface area contributed by atoms with E-state index in [1.807, 2.05) is 0 Å². The number of hydrogen-bond donors (Lipinski definition) is 1. The molecule has 2 heterocycles. The van der Waals surface area contributed by atoms with Crippen LogP contribution in [0.3, 0.4) is 0 Å². The van der Waals surface area contributed by atoms with Crippen molar-refractivity contribution in [3.8, 4) is 0 Å². The van der Waals surface area contributed by atoms with E-state index < -0.39 is 0 Å². The number of carbonyl (C=O) groups is 1. The van der Waals surface area contributed by atoms with E-state index in [9.17, 15) is 4.79 Å². The van der Waals surface area contributed by atoms with Gasteiger partial charge < -0.3 is 5.32 Å². The molecule has 2 aromatic heterocycles. The monoisotopic (exact) mass is 234 g/mol. The lowest BCUT2D eigenvalue weighted by atomic mass is 10.3. The highest BCUT2D eigenvalue weighted by atomic mass is 35.5. The first-order valence-corrected chi connectivity index (χ1v) is 4.85. The lowest BCUT2D eigenvalue weighted by Crippen LogP contribution is -2.14. The summed E-state index contributed by atoms with van der Waals surface area (Å²) < 4.78 is 0. The lowest BCUT2D eigenvalue weighted by Gasteiger charge is -2.02. The zero-order valence-corrected chi connectivity index (χ0v) is 8.85. The molecule has 16 heavy (non-hydrogen) atoms. The largest absolute Gasteiger partial charge is 0.304 e. The van der Waals surface area contributed by atoms with E-state index in [0.717, 1.165) is 0 Å². The highest BCUT2D eigenvalue weighted by molar-refractivity contribution is 6.29. The Morgan fingerprint density at radius 3 is 2.81 bits per heavy atom. The van der Waals surface area contributed by atoms with Crippen molar-refractivity contribution in [1.82, 2.24) is 15.2 Å². The Bertz CT molecular complexity index is 503. The van der Waals surface area contributed by atoms with E-state index in [0.29, 0.717) is 5.82 Å². The summed E-state index contributed by atoms with van der Waals surface area (Å²) in [4.78, 5) is 15.5. The molecule has 80 valence electrons. The summed E-state index contributed by atoms with van der Waals surface area (Å²) in [5, 5.41) is 10.2. The normalized spacial score (nSPS) is 9.81. The van der Waals surface area contributed by atoms with Gasteiger partial charge in [0.15, 0.2) is 5.82 Å². The van der Waals surface area contributed by atoms with Crippen molar-refractivity contribution in [1.29, 1.82) is 0 Å². The number of aromatic nitrogens is 3. The predicted octanol–water partition coefficient (Wildman–Crippen LogP) is 1.78. The molecule has 1 amide bonds. The van der Waals surface area contributed by atoms with E-state index in [1.54, 1.807) is 30.3 Å². The molecule has 2 aromatic rings. The van der Waals surface area contributed by atoms with Gasteiger partial charge in [-0.05, 0) is 24.3 Å². The molecular formula is C10H7ClN4O. The lowest BCUT2D eigenvalue weighted by molar-refractivity contribution is 0.102. The summed E-state index contributed by atoms with van der Waals surface area (Å²) >= 11 is 5.67. The maximum Gasteiger partial charge on any atom is 0.275 e. The Morgan fingerprint density at radius 1 is 1.25 bits per heavy atom. The molecule has 0 saturated heterocycles. The van der Waals surface area contributed by atoms with Crippen molar-refractivity contribution >= 4 is 23.3 Å². The van der Waals surface area contributed by atoms with Gasteiger partial charge in [-0.1, -0.05) is 17.7 Å². The average Bonchev–Trinajstić information content (AvgIpc) is 2.30. The smallest absolute Gasteiger partial charge is 0.275 e. The Hall–Kier alpha value is -2.01. The number of anilines is 1. The van der Waals surface area contributed by atoms with E-state index in [2.05, 4.69) is 20.5 Å². The van der Waals surface area contributed by atoms with Crippen LogP contribution in [0.25, 0.3) is 0 Å². The van der Waals surface area contributed by atoms with Crippen molar-refractivity contribution in [3.05, 3.63) is 47.4 Å². The highest BCUT2D eigenvalue weighted by Gasteiger charge is 2.08. The number of nitrogens with one attached hydrogen (secondary N) is 1. The molecule has 0 atom stereocenters. The molecular weight excluding hydrogens is 228 g/mol. The molecule has 0 aliphatic rings. The number of nitrogens with zero attached hydrogens (tertiary/aromatic N) is 3. The van der Waals surface area contributed by atoms with Gasteiger partial charge in [-0.3, -0.25) is 4.79 Å². The maximum absolute atomic E-state index is 11.7. The number of amides is 1. The van der Waals surface area contributed by atoms with Crippen molar-refractivity contribution in [3.63, 3.8) is 0 Å². The second-order valence-corrected chi connectivity index (χ2v) is 3.30. The van der Waals surface area contributed by atoms with E-state index in [1.165, 1.54) is 6.20 Å². The number of halogens is 1. The van der Waals surface area contributed by atoms with Gasteiger partial charge in [0.25, 0.3) is 5.91 Å². The summed E-state index contributed by atoms with van der Waals surface area (Å²) in [5.41, 5.74) is 0.234. The van der Waals surface area contributed by atoms with Crippen LogP contribution in [0.4, 0.5) is 5.82 Å². The van der Waals surface area contributed by atoms with Crippen LogP contribution in [0.1, 0.15) is 10.5 Å². The fraction of sp³-hybridized carbons (Fsp3) is 0. The fourth-order valence-electron chi connectivity index (χ4n) is 1.08. The number of rotatable bonds is 2. The van der Waals surface area contributed by atoms with Crippen LogP contribution in [0.5, 0.6) is 0 Å². The molecule has 0 bridgehead atoms. The number of carbonyl (C=O) groups excluding carboxylic acids is 1. The molecule has 0 aliphatic heterocycles. The molecule has 0 unspecified atom stereocenters. The average molecular weight is 235 g/mol. The van der Waals surface area contributed by atoms with Gasteiger partial charge in [0.05, 0.1) is 0 Å². The second kappa shape index (κ2) is 4.67. The molecule has 0 saturated carbocycles. The van der Waals surface area contributed by atoms with Crippen LogP contribution >= 0.6 is 11.6 Å². The summed E-state index contributed by atoms with van der Waals surface area (Å²) in [6.07, 6.45) is 1.52. The van der Waals surface area contributed by atoms with Crippen molar-refractivity contribution < 1.29 is 4.79 Å². The third-order valence-electron chi connectivity index (χ3n) is 1.76. The maximum atomic E-state index is 11.7. The van der Waals surface area contributed by atoms with Crippen LogP contribution in [0.15, 0.2) is 36.5 Å². The van der Waals surface area contributed by atoms with Crippen molar-refractivity contribution in [2.24, 2.45) is 0 Å². The minimum absolute atomic E-state index is 0.234. The summed E-state index contributed by atoms with van der Waals surface area (Å²) in [6.45, 7) is 0. The zero-order chi connectivity index (χ0) is 11.4. The van der Waals surface area contributed by atoms with Crippen molar-refractivity contribution in [2.45, 2.75) is 0 Å². The minimum atomic E-state index is -0.372. The van der Waals surface area contributed by atoms with Gasteiger partial charge in [-0.15, -0.1) is 5.10 Å². The molecule has 0 aromatic carbocycles. The topological polar surface area (TPSA) is 67.8 Å². The predicted molar refractivity (Wildman–Crippen MR) is 59.2 cm³/mol. The van der Waals surface area contributed by atoms with Gasteiger partial charge in [-0.25, -0.2) is 4.98 Å². The first-order chi connectivity index (χ1) is 7.75. The highest BCUT2D eigenvalue weighted by Crippen LogP contribution is 2.07. The fourth-order valence-corrected chi connectivity index (χ4v) is 1.25. The third kappa shape index (κ3) is 2.52. The molecule has 0 spiro atoms. The number of pyridine rings is 1. The van der Waals surface area contributed by atoms with Crippen LogP contribution in [0.2, 0.25) is 5.15 Å². The van der Waals surface area contributed by atoms with Crippen LogP contribution in [-0.4, -0.2) is 21.1 Å². The van der Waals surface area contributed by atoms with E-state index in [4.69, 9.17) is 11.6 Å². The van der Waals surface area contributed by atoms with Crippen LogP contribution < -0.4 is 5.32 Å². The van der Waals surface area contributed by atoms with E-state index in [-0.39, 0.29) is 16.8 Å². The third-order valence-corrected chi connectivity index (χ3v) is 1.97. The molecule has 2 rings (SSSR count). The summed E-state index contributed by atoms with van der Waals surface area (Å²) in [5.74, 6) is -0.00252. The molecule has 0 radical (unpaired) electrons. The van der Waals surface area contributed by atoms with E-state index >= 15 is 0 Å². The van der Waals surface area contributed by atoms with Gasteiger partial charge in [0.1, 0.15) is 10.8 Å². The Labute approximate surface area is 96.5 Å². The van der Waals surface area contributed by atoms with Gasteiger partial charge >= 0.3 is 0 Å². The molecule has 1 N–H and O–H groups in total. The van der Waals surface area contributed by atoms with Gasteiger partial charge in [0.2, 0.25) is 0 Å². The molecule has 5 nitrogen and oxygen atoms in total. The first-order valence-electron chi connectivity index (χ1n) is 4.47. The summed E-state index contributed by atoms with van der Waals surface area (Å²) in [6, 6.07) is 8.13. The van der Waals surface area contributed by atoms with Gasteiger partial charge in [0, 0.05) is 6.20 Å². The quantitative estimate of drug-likeness (QED) is 0.805. The molecule has 0 fully saturated rings. The Kier molecular flexibility index (Phi) is 3.07. The number of hydrogen-bond acceptors (Lipinski definition) is 4. The molecule has 6 heteroatoms. The van der Waals surface area contributed by atoms with Gasteiger partial charge in [-0.2, -0.15) is 5.10 Å². The Balaban J connectivity index is 2.15. The standard InChI is InChI=1S/C10H7ClN4O/c11-8-4-1-3-7(13-8)10(16)14-9-5-2-6-12-15-9/h1-6H,(H,14,15,16). The minimum Gasteiger partial charge on any atom is -0.304 e.